The van der Waals surface area contributed by atoms with E-state index < -0.39 is 33.6 Å². The van der Waals surface area contributed by atoms with Crippen LogP contribution in [0.3, 0.4) is 0 Å². The van der Waals surface area contributed by atoms with Crippen molar-refractivity contribution in [3.05, 3.63) is 72.0 Å². The normalized spacial score (nSPS) is 11.8. The molecule has 0 saturated carbocycles. The van der Waals surface area contributed by atoms with Gasteiger partial charge in [0.25, 0.3) is 0 Å². The summed E-state index contributed by atoms with van der Waals surface area (Å²) >= 11 is 0. The summed E-state index contributed by atoms with van der Waals surface area (Å²) in [6, 6.07) is 3.98. The molecule has 0 saturated heterocycles. The minimum atomic E-state index is -4.47. The van der Waals surface area contributed by atoms with Gasteiger partial charge in [-0.15, -0.1) is 0 Å². The van der Waals surface area contributed by atoms with Crippen LogP contribution in [0, 0.1) is 10.1 Å². The topological polar surface area (TPSA) is 109 Å². The third-order valence-electron chi connectivity index (χ3n) is 2.81. The number of hydrogen-bond acceptors (Lipinski definition) is 4. The maximum Gasteiger partial charge on any atom is 0.416 e. The van der Waals surface area contributed by atoms with Crippen LogP contribution in [-0.2, 0) is 6.18 Å². The second kappa shape index (κ2) is 5.91. The number of alkyl halides is 3. The Labute approximate surface area is 125 Å². The Hall–Kier alpha value is -3.17. The Balaban J connectivity index is 2.39. The van der Waals surface area contributed by atoms with Gasteiger partial charge in [-0.25, -0.2) is 4.79 Å². The van der Waals surface area contributed by atoms with Crippen molar-refractivity contribution in [1.82, 2.24) is 9.97 Å². The van der Waals surface area contributed by atoms with Gasteiger partial charge in [0.05, 0.1) is 10.5 Å². The zero-order chi connectivity index (χ0) is 17.2. The largest absolute Gasteiger partial charge is 0.416 e. The third-order valence-corrected chi connectivity index (χ3v) is 2.81. The maximum atomic E-state index is 12.4. The van der Waals surface area contributed by atoms with Crippen LogP contribution in [0.15, 0.2) is 33.9 Å². The molecule has 2 rings (SSSR count). The molecule has 0 fully saturated rings. The van der Waals surface area contributed by atoms with Crippen LogP contribution in [0.25, 0.3) is 12.2 Å². The second-order valence-electron chi connectivity index (χ2n) is 4.38. The fourth-order valence-corrected chi connectivity index (χ4v) is 1.76. The fourth-order valence-electron chi connectivity index (χ4n) is 1.76. The Morgan fingerprint density at radius 3 is 2.17 bits per heavy atom. The van der Waals surface area contributed by atoms with Crippen molar-refractivity contribution in [3.63, 3.8) is 0 Å². The van der Waals surface area contributed by atoms with Crippen LogP contribution in [0.2, 0.25) is 0 Å². The van der Waals surface area contributed by atoms with E-state index in [0.29, 0.717) is 5.56 Å². The maximum absolute atomic E-state index is 12.4. The highest BCUT2D eigenvalue weighted by Gasteiger charge is 2.29. The van der Waals surface area contributed by atoms with E-state index in [0.717, 1.165) is 30.3 Å². The number of H-pyrrole nitrogens is 2. The molecule has 1 aromatic carbocycles. The first-order chi connectivity index (χ1) is 10.7. The van der Waals surface area contributed by atoms with Crippen LogP contribution >= 0.6 is 0 Å². The fraction of sp³-hybridized carbons (Fsp3) is 0.0769. The Bertz CT molecular complexity index is 879. The molecule has 0 aliphatic heterocycles. The molecule has 10 heteroatoms. The lowest BCUT2D eigenvalue weighted by Gasteiger charge is -2.05. The second-order valence-corrected chi connectivity index (χ2v) is 4.38. The van der Waals surface area contributed by atoms with Gasteiger partial charge < -0.3 is 4.98 Å². The number of nitrogens with one attached hydrogen (secondary N) is 2. The zero-order valence-corrected chi connectivity index (χ0v) is 11.2. The highest BCUT2D eigenvalue weighted by atomic mass is 19.4. The number of aromatic nitrogens is 2. The molecule has 120 valence electrons. The van der Waals surface area contributed by atoms with Gasteiger partial charge >= 0.3 is 23.1 Å². The minimum Gasteiger partial charge on any atom is -0.301 e. The first-order valence-corrected chi connectivity index (χ1v) is 6.05. The van der Waals surface area contributed by atoms with Gasteiger partial charge in [0.2, 0.25) is 0 Å². The summed E-state index contributed by atoms with van der Waals surface area (Å²) in [7, 11) is 0. The number of nitro groups is 1. The van der Waals surface area contributed by atoms with E-state index in [4.69, 9.17) is 0 Å². The summed E-state index contributed by atoms with van der Waals surface area (Å²) in [4.78, 5) is 36.2. The lowest BCUT2D eigenvalue weighted by atomic mass is 10.1. The number of benzene rings is 1. The smallest absolute Gasteiger partial charge is 0.301 e. The van der Waals surface area contributed by atoms with E-state index in [-0.39, 0.29) is 5.69 Å². The predicted octanol–water partition coefficient (Wildman–Crippen LogP) is 2.16. The molecule has 1 aromatic heterocycles. The molecule has 0 bridgehead atoms. The zero-order valence-electron chi connectivity index (χ0n) is 11.2. The lowest BCUT2D eigenvalue weighted by Crippen LogP contribution is -2.25. The van der Waals surface area contributed by atoms with Crippen LogP contribution < -0.4 is 11.2 Å². The lowest BCUT2D eigenvalue weighted by molar-refractivity contribution is -0.386. The molecule has 1 heterocycles. The van der Waals surface area contributed by atoms with Gasteiger partial charge in [-0.3, -0.25) is 19.9 Å². The van der Waals surface area contributed by atoms with Crippen molar-refractivity contribution in [3.8, 4) is 0 Å². The Morgan fingerprint density at radius 1 is 1.04 bits per heavy atom. The van der Waals surface area contributed by atoms with Gasteiger partial charge in [0.1, 0.15) is 5.69 Å². The third kappa shape index (κ3) is 3.73. The molecule has 0 spiro atoms. The van der Waals surface area contributed by atoms with E-state index in [1.165, 1.54) is 6.08 Å². The number of aromatic amines is 2. The van der Waals surface area contributed by atoms with Crippen LogP contribution in [0.1, 0.15) is 16.8 Å². The first-order valence-electron chi connectivity index (χ1n) is 6.05. The number of rotatable bonds is 3. The summed E-state index contributed by atoms with van der Waals surface area (Å²) in [5.41, 5.74) is -3.88. The summed E-state index contributed by atoms with van der Waals surface area (Å²) < 4.78 is 37.3. The van der Waals surface area contributed by atoms with Gasteiger partial charge in [-0.1, -0.05) is 18.2 Å². The molecule has 0 atom stereocenters. The number of hydrogen-bond donors (Lipinski definition) is 2. The van der Waals surface area contributed by atoms with Crippen molar-refractivity contribution < 1.29 is 18.1 Å². The van der Waals surface area contributed by atoms with Crippen molar-refractivity contribution >= 4 is 17.8 Å². The summed E-state index contributed by atoms with van der Waals surface area (Å²) in [5, 5.41) is 10.8. The highest BCUT2D eigenvalue weighted by molar-refractivity contribution is 5.71. The summed E-state index contributed by atoms with van der Waals surface area (Å²) in [6.45, 7) is 0. The van der Waals surface area contributed by atoms with Crippen molar-refractivity contribution in [1.29, 1.82) is 0 Å². The molecule has 0 aliphatic carbocycles. The van der Waals surface area contributed by atoms with Gasteiger partial charge in [-0.05, 0) is 23.8 Å². The summed E-state index contributed by atoms with van der Waals surface area (Å²) in [5.74, 6) is 0. The molecular weight excluding hydrogens is 319 g/mol. The molecule has 0 unspecified atom stereocenters. The van der Waals surface area contributed by atoms with Crippen LogP contribution in [0.4, 0.5) is 18.9 Å². The van der Waals surface area contributed by atoms with Crippen LogP contribution in [-0.4, -0.2) is 14.9 Å². The molecule has 2 N–H and O–H groups in total. The Morgan fingerprint density at radius 2 is 1.65 bits per heavy atom. The van der Waals surface area contributed by atoms with E-state index in [1.807, 2.05) is 0 Å². The van der Waals surface area contributed by atoms with Gasteiger partial charge in [0.15, 0.2) is 0 Å². The molecular formula is C13H8F3N3O4. The number of halogens is 3. The van der Waals surface area contributed by atoms with E-state index >= 15 is 0 Å². The van der Waals surface area contributed by atoms with E-state index in [2.05, 4.69) is 4.98 Å². The molecule has 0 amide bonds. The van der Waals surface area contributed by atoms with Crippen LogP contribution in [0.5, 0.6) is 0 Å². The monoisotopic (exact) mass is 327 g/mol. The standard InChI is InChI=1S/C13H8F3N3O4/c14-13(15,16)8-4-1-7(2-5-8)3-6-9-10(19(22)23)11(20)18-12(21)17-9/h1-6H,(H2,17,18,20,21). The Kier molecular flexibility index (Phi) is 4.16. The molecule has 0 radical (unpaired) electrons. The molecule has 7 nitrogen and oxygen atoms in total. The van der Waals surface area contributed by atoms with Crippen molar-refractivity contribution in [2.24, 2.45) is 0 Å². The molecule has 23 heavy (non-hydrogen) atoms. The quantitative estimate of drug-likeness (QED) is 0.665. The predicted molar refractivity (Wildman–Crippen MR) is 74.7 cm³/mol. The number of nitrogens with zero attached hydrogens (tertiary/aromatic N) is 1. The van der Waals surface area contributed by atoms with E-state index in [1.54, 1.807) is 4.98 Å². The van der Waals surface area contributed by atoms with Crippen molar-refractivity contribution in [2.45, 2.75) is 6.18 Å². The first kappa shape index (κ1) is 16.2. The average Bonchev–Trinajstić information content (AvgIpc) is 2.43. The SMILES string of the molecule is O=c1[nH]c(C=Cc2ccc(C(F)(F)F)cc2)c([N+](=O)[O-])c(=O)[nH]1. The van der Waals surface area contributed by atoms with E-state index in [9.17, 15) is 32.9 Å². The average molecular weight is 327 g/mol. The summed E-state index contributed by atoms with van der Waals surface area (Å²) in [6.07, 6.45) is -2.17. The molecule has 0 aliphatic rings. The molecule has 2 aromatic rings. The van der Waals surface area contributed by atoms with Gasteiger partial charge in [-0.2, -0.15) is 13.2 Å². The highest BCUT2D eigenvalue weighted by Crippen LogP contribution is 2.29. The van der Waals surface area contributed by atoms with Gasteiger partial charge in [0, 0.05) is 0 Å². The van der Waals surface area contributed by atoms with Crippen molar-refractivity contribution in [2.75, 3.05) is 0 Å². The minimum absolute atomic E-state index is 0.299.